The van der Waals surface area contributed by atoms with Crippen LogP contribution in [0.2, 0.25) is 0 Å². The van der Waals surface area contributed by atoms with Gasteiger partial charge in [0.1, 0.15) is 5.82 Å². The van der Waals surface area contributed by atoms with Crippen molar-refractivity contribution in [3.8, 4) is 0 Å². The third kappa shape index (κ3) is 2.36. The van der Waals surface area contributed by atoms with Gasteiger partial charge in [0.15, 0.2) is 0 Å². The fraction of sp³-hybridized carbons (Fsp3) is 0.333. The maximum Gasteiger partial charge on any atom is 0.143 e. The van der Waals surface area contributed by atoms with Gasteiger partial charge in [-0.1, -0.05) is 0 Å². The van der Waals surface area contributed by atoms with Crippen LogP contribution in [0.15, 0.2) is 18.5 Å². The van der Waals surface area contributed by atoms with E-state index in [-0.39, 0.29) is 10.6 Å². The van der Waals surface area contributed by atoms with Crippen LogP contribution in [0, 0.1) is 0 Å². The van der Waals surface area contributed by atoms with Gasteiger partial charge in [-0.25, -0.2) is 9.97 Å². The summed E-state index contributed by atoms with van der Waals surface area (Å²) in [6.07, 6.45) is 3.31. The first-order chi connectivity index (χ1) is 5.22. The molecule has 0 aliphatic carbocycles. The summed E-state index contributed by atoms with van der Waals surface area (Å²) in [6, 6.07) is 1.74. The van der Waals surface area contributed by atoms with Crippen molar-refractivity contribution in [2.75, 3.05) is 0 Å². The quantitative estimate of drug-likeness (QED) is 0.471. The normalized spacial score (nSPS) is 15.9. The molecular formula is C6H9N3S2. The van der Waals surface area contributed by atoms with Crippen LogP contribution in [0.25, 0.3) is 0 Å². The lowest BCUT2D eigenvalue weighted by Gasteiger charge is -2.10. The Kier molecular flexibility index (Phi) is 3.16. The average molecular weight is 187 g/mol. The minimum atomic E-state index is -0.333. The molecule has 2 N–H and O–H groups in total. The van der Waals surface area contributed by atoms with E-state index in [0.29, 0.717) is 5.82 Å². The van der Waals surface area contributed by atoms with Gasteiger partial charge in [0.05, 0.1) is 10.6 Å². The highest BCUT2D eigenvalue weighted by atomic mass is 32.1. The Morgan fingerprint density at radius 2 is 1.82 bits per heavy atom. The number of thiol groups is 2. The number of nitrogens with zero attached hydrogens (tertiary/aromatic N) is 2. The Balaban J connectivity index is 2.77. The highest BCUT2D eigenvalue weighted by molar-refractivity contribution is 7.84. The van der Waals surface area contributed by atoms with Gasteiger partial charge >= 0.3 is 0 Å². The molecule has 1 rings (SSSR count). The molecule has 3 nitrogen and oxygen atoms in total. The average Bonchev–Trinajstić information content (AvgIpc) is 2.05. The molecule has 0 saturated heterocycles. The van der Waals surface area contributed by atoms with Gasteiger partial charge in [-0.05, 0) is 6.07 Å². The molecule has 0 radical (unpaired) electrons. The first kappa shape index (κ1) is 8.83. The van der Waals surface area contributed by atoms with Crippen LogP contribution >= 0.6 is 25.3 Å². The molecule has 0 amide bonds. The second-order valence-corrected chi connectivity index (χ2v) is 3.20. The Labute approximate surface area is 76.3 Å². The minimum absolute atomic E-state index is 0.209. The topological polar surface area (TPSA) is 51.8 Å². The molecule has 0 saturated carbocycles. The first-order valence-corrected chi connectivity index (χ1v) is 4.13. The zero-order valence-electron chi connectivity index (χ0n) is 5.75. The zero-order valence-corrected chi connectivity index (χ0v) is 7.54. The molecule has 0 spiro atoms. The molecular weight excluding hydrogens is 178 g/mol. The predicted octanol–water partition coefficient (Wildman–Crippen LogP) is 0.662. The van der Waals surface area contributed by atoms with Crippen LogP contribution in [0.3, 0.4) is 0 Å². The molecule has 1 aromatic heterocycles. The fourth-order valence-corrected chi connectivity index (χ4v) is 0.883. The van der Waals surface area contributed by atoms with Crippen molar-refractivity contribution in [1.82, 2.24) is 9.97 Å². The van der Waals surface area contributed by atoms with E-state index in [9.17, 15) is 0 Å². The molecule has 0 aliphatic heterocycles. The van der Waals surface area contributed by atoms with E-state index < -0.39 is 0 Å². The molecule has 2 unspecified atom stereocenters. The van der Waals surface area contributed by atoms with Crippen molar-refractivity contribution in [2.24, 2.45) is 5.73 Å². The van der Waals surface area contributed by atoms with E-state index in [0.717, 1.165) is 0 Å². The number of nitrogens with two attached hydrogens (primary N) is 1. The smallest absolute Gasteiger partial charge is 0.143 e. The van der Waals surface area contributed by atoms with E-state index >= 15 is 0 Å². The maximum atomic E-state index is 5.48. The van der Waals surface area contributed by atoms with Crippen LogP contribution in [0.1, 0.15) is 11.1 Å². The lowest BCUT2D eigenvalue weighted by atomic mass is 10.4. The van der Waals surface area contributed by atoms with Crippen molar-refractivity contribution >= 4 is 25.3 Å². The molecule has 5 heteroatoms. The van der Waals surface area contributed by atoms with E-state index in [1.165, 1.54) is 0 Å². The number of aromatic nitrogens is 2. The highest BCUT2D eigenvalue weighted by Gasteiger charge is 2.13. The van der Waals surface area contributed by atoms with Gasteiger partial charge in [-0.2, -0.15) is 25.3 Å². The van der Waals surface area contributed by atoms with Crippen molar-refractivity contribution in [2.45, 2.75) is 10.6 Å². The van der Waals surface area contributed by atoms with Gasteiger partial charge < -0.3 is 5.73 Å². The van der Waals surface area contributed by atoms with E-state index in [2.05, 4.69) is 35.2 Å². The number of rotatable bonds is 2. The highest BCUT2D eigenvalue weighted by Crippen LogP contribution is 2.19. The van der Waals surface area contributed by atoms with Crippen LogP contribution < -0.4 is 5.73 Å². The Bertz CT molecular complexity index is 214. The molecule has 0 fully saturated rings. The Hall–Kier alpha value is -0.260. The van der Waals surface area contributed by atoms with Crippen LogP contribution in [0.4, 0.5) is 0 Å². The molecule has 0 aromatic carbocycles. The summed E-state index contributed by atoms with van der Waals surface area (Å²) in [5, 5.41) is -0.541. The fourth-order valence-electron chi connectivity index (χ4n) is 0.616. The van der Waals surface area contributed by atoms with Gasteiger partial charge in [0.25, 0.3) is 0 Å². The largest absolute Gasteiger partial charge is 0.318 e. The summed E-state index contributed by atoms with van der Waals surface area (Å²) < 4.78 is 0. The van der Waals surface area contributed by atoms with Crippen LogP contribution in [-0.4, -0.2) is 15.3 Å². The summed E-state index contributed by atoms with van der Waals surface area (Å²) in [5.74, 6) is 0.610. The summed E-state index contributed by atoms with van der Waals surface area (Å²) in [6.45, 7) is 0. The molecule has 1 aromatic rings. The van der Waals surface area contributed by atoms with Crippen molar-refractivity contribution < 1.29 is 0 Å². The maximum absolute atomic E-state index is 5.48. The predicted molar refractivity (Wildman–Crippen MR) is 50.7 cm³/mol. The number of hydrogen-bond donors (Lipinski definition) is 3. The number of hydrogen-bond acceptors (Lipinski definition) is 5. The van der Waals surface area contributed by atoms with Crippen molar-refractivity contribution in [3.05, 3.63) is 24.3 Å². The third-order valence-corrected chi connectivity index (χ3v) is 2.26. The zero-order chi connectivity index (χ0) is 8.27. The van der Waals surface area contributed by atoms with Gasteiger partial charge in [0.2, 0.25) is 0 Å². The van der Waals surface area contributed by atoms with E-state index in [1.54, 1.807) is 18.5 Å². The second kappa shape index (κ2) is 3.94. The first-order valence-electron chi connectivity index (χ1n) is 3.10. The van der Waals surface area contributed by atoms with Crippen molar-refractivity contribution in [1.29, 1.82) is 0 Å². The van der Waals surface area contributed by atoms with Gasteiger partial charge in [-0.3, -0.25) is 0 Å². The van der Waals surface area contributed by atoms with Crippen LogP contribution in [-0.2, 0) is 0 Å². The minimum Gasteiger partial charge on any atom is -0.318 e. The SMILES string of the molecule is NC(S)C(S)c1ncccn1. The van der Waals surface area contributed by atoms with Gasteiger partial charge in [-0.15, -0.1) is 0 Å². The second-order valence-electron chi connectivity index (χ2n) is 2.04. The van der Waals surface area contributed by atoms with Gasteiger partial charge in [0, 0.05) is 12.4 Å². The molecule has 2 atom stereocenters. The summed E-state index contributed by atoms with van der Waals surface area (Å²) in [7, 11) is 0. The van der Waals surface area contributed by atoms with Crippen LogP contribution in [0.5, 0.6) is 0 Å². The van der Waals surface area contributed by atoms with E-state index in [4.69, 9.17) is 5.73 Å². The summed E-state index contributed by atoms with van der Waals surface area (Å²) >= 11 is 8.21. The summed E-state index contributed by atoms with van der Waals surface area (Å²) in [5.41, 5.74) is 5.48. The van der Waals surface area contributed by atoms with Crippen molar-refractivity contribution in [3.63, 3.8) is 0 Å². The van der Waals surface area contributed by atoms with E-state index in [1.807, 2.05) is 0 Å². The lowest BCUT2D eigenvalue weighted by molar-refractivity contribution is 0.814. The third-order valence-electron chi connectivity index (χ3n) is 1.17. The molecule has 11 heavy (non-hydrogen) atoms. The Morgan fingerprint density at radius 1 is 1.27 bits per heavy atom. The Morgan fingerprint density at radius 3 is 2.27 bits per heavy atom. The molecule has 0 aliphatic rings. The molecule has 60 valence electrons. The standard InChI is InChI=1S/C6H9N3S2/c7-5(11)4(10)6-8-2-1-3-9-6/h1-5,10-11H,7H2. The molecule has 1 heterocycles. The monoisotopic (exact) mass is 187 g/mol. The summed E-state index contributed by atoms with van der Waals surface area (Å²) in [4.78, 5) is 7.97. The lowest BCUT2D eigenvalue weighted by Crippen LogP contribution is -2.19. The molecule has 0 bridgehead atoms.